The molecule has 0 unspecified atom stereocenters. The largest absolute Gasteiger partial charge is 0.298 e. The van der Waals surface area contributed by atoms with Gasteiger partial charge in [-0.2, -0.15) is 5.26 Å². The number of carbonyl (C=O) groups excluding carboxylic acids is 2. The van der Waals surface area contributed by atoms with Crippen molar-refractivity contribution in [1.29, 1.82) is 5.26 Å². The second-order valence-electron chi connectivity index (χ2n) is 2.48. The van der Waals surface area contributed by atoms with Crippen LogP contribution in [-0.2, 0) is 9.59 Å². The summed E-state index contributed by atoms with van der Waals surface area (Å²) < 4.78 is 0. The highest BCUT2D eigenvalue weighted by Crippen LogP contribution is 2.22. The number of rotatable bonds is 3. The molecule has 0 amide bonds. The Bertz CT molecular complexity index is 211. The third-order valence-corrected chi connectivity index (χ3v) is 1.92. The molecule has 0 fully saturated rings. The molecule has 0 saturated heterocycles. The lowest BCUT2D eigenvalue weighted by atomic mass is 9.79. The van der Waals surface area contributed by atoms with Gasteiger partial charge in [-0.15, -0.1) is 0 Å². The topological polar surface area (TPSA) is 57.9 Å². The normalized spacial score (nSPS) is 10.4. The summed E-state index contributed by atoms with van der Waals surface area (Å²) in [4.78, 5) is 21.9. The zero-order valence-electron chi connectivity index (χ0n) is 6.97. The van der Waals surface area contributed by atoms with Crippen LogP contribution in [-0.4, -0.2) is 11.6 Å². The van der Waals surface area contributed by atoms with Crippen LogP contribution >= 0.6 is 0 Å². The summed E-state index contributed by atoms with van der Waals surface area (Å²) in [6, 6.07) is 1.77. The summed E-state index contributed by atoms with van der Waals surface area (Å²) in [6.45, 7) is 4.20. The Morgan fingerprint density at radius 1 is 1.36 bits per heavy atom. The first-order valence-corrected chi connectivity index (χ1v) is 3.44. The second kappa shape index (κ2) is 3.29. The average molecular weight is 153 g/mol. The van der Waals surface area contributed by atoms with Crippen molar-refractivity contribution in [3.8, 4) is 6.07 Å². The van der Waals surface area contributed by atoms with Gasteiger partial charge in [-0.25, -0.2) is 0 Å². The van der Waals surface area contributed by atoms with Gasteiger partial charge in [0.15, 0.2) is 17.0 Å². The molecule has 0 aliphatic rings. The minimum absolute atomic E-state index is 0.258. The lowest BCUT2D eigenvalue weighted by molar-refractivity contribution is -0.134. The Morgan fingerprint density at radius 3 is 1.73 bits per heavy atom. The van der Waals surface area contributed by atoms with E-state index in [9.17, 15) is 9.59 Å². The van der Waals surface area contributed by atoms with Crippen molar-refractivity contribution in [2.45, 2.75) is 27.2 Å². The fourth-order valence-electron chi connectivity index (χ4n) is 0.982. The summed E-state index contributed by atoms with van der Waals surface area (Å²) in [7, 11) is 0. The minimum atomic E-state index is -1.39. The van der Waals surface area contributed by atoms with Crippen molar-refractivity contribution in [1.82, 2.24) is 0 Å². The molecule has 0 aliphatic heterocycles. The molecule has 11 heavy (non-hydrogen) atoms. The van der Waals surface area contributed by atoms with Crippen molar-refractivity contribution in [2.24, 2.45) is 5.41 Å². The minimum Gasteiger partial charge on any atom is -0.298 e. The number of carbonyl (C=O) groups is 2. The molecule has 0 radical (unpaired) electrons. The quantitative estimate of drug-likeness (QED) is 0.570. The highest BCUT2D eigenvalue weighted by atomic mass is 16.2. The number of hydrogen-bond acceptors (Lipinski definition) is 3. The van der Waals surface area contributed by atoms with Crippen molar-refractivity contribution in [2.75, 3.05) is 0 Å². The number of nitriles is 1. The molecule has 0 aliphatic carbocycles. The molecule has 0 aromatic rings. The van der Waals surface area contributed by atoms with Crippen LogP contribution in [0.15, 0.2) is 0 Å². The molecule has 3 heteroatoms. The third kappa shape index (κ3) is 1.45. The molecule has 0 heterocycles. The highest BCUT2D eigenvalue weighted by molar-refractivity contribution is 6.07. The summed E-state index contributed by atoms with van der Waals surface area (Å²) in [5.41, 5.74) is -1.39. The van der Waals surface area contributed by atoms with Crippen molar-refractivity contribution in [3.63, 3.8) is 0 Å². The van der Waals surface area contributed by atoms with E-state index in [1.807, 2.05) is 0 Å². The molecule has 0 bridgehead atoms. The summed E-state index contributed by atoms with van der Waals surface area (Å²) in [6.07, 6.45) is 0.258. The fraction of sp³-hybridized carbons (Fsp3) is 0.625. The first-order chi connectivity index (χ1) is 5.01. The lowest BCUT2D eigenvalue weighted by Gasteiger charge is -2.16. The summed E-state index contributed by atoms with van der Waals surface area (Å²) in [5.74, 6) is -0.731. The van der Waals surface area contributed by atoms with Crippen molar-refractivity contribution >= 4 is 11.6 Å². The Labute approximate surface area is 66.0 Å². The monoisotopic (exact) mass is 153 g/mol. The van der Waals surface area contributed by atoms with Crippen LogP contribution in [0.4, 0.5) is 0 Å². The van der Waals surface area contributed by atoms with E-state index in [-0.39, 0.29) is 18.0 Å². The molecule has 0 aromatic carbocycles. The van der Waals surface area contributed by atoms with E-state index in [4.69, 9.17) is 5.26 Å². The predicted molar refractivity (Wildman–Crippen MR) is 39.7 cm³/mol. The van der Waals surface area contributed by atoms with Crippen LogP contribution in [0.2, 0.25) is 0 Å². The third-order valence-electron chi connectivity index (χ3n) is 1.92. The molecule has 0 rings (SSSR count). The smallest absolute Gasteiger partial charge is 0.172 e. The van der Waals surface area contributed by atoms with E-state index in [0.717, 1.165) is 0 Å². The molecule has 0 aromatic heterocycles. The number of Topliss-reactive ketones (excluding diaryl/α,β-unsaturated/α-hetero) is 2. The van der Waals surface area contributed by atoms with Gasteiger partial charge in [-0.3, -0.25) is 9.59 Å². The van der Waals surface area contributed by atoms with Crippen LogP contribution in [0.25, 0.3) is 0 Å². The van der Waals surface area contributed by atoms with Gasteiger partial charge in [0.25, 0.3) is 0 Å². The molecule has 0 spiro atoms. The van der Waals surface area contributed by atoms with Gasteiger partial charge < -0.3 is 0 Å². The van der Waals surface area contributed by atoms with E-state index < -0.39 is 5.41 Å². The molecule has 60 valence electrons. The second-order valence-corrected chi connectivity index (χ2v) is 2.48. The van der Waals surface area contributed by atoms with E-state index in [1.165, 1.54) is 13.8 Å². The first kappa shape index (κ1) is 9.83. The van der Waals surface area contributed by atoms with Gasteiger partial charge in [0.2, 0.25) is 0 Å². The van der Waals surface area contributed by atoms with Gasteiger partial charge in [-0.05, 0) is 20.3 Å². The van der Waals surface area contributed by atoms with Gasteiger partial charge in [0, 0.05) is 0 Å². The van der Waals surface area contributed by atoms with E-state index >= 15 is 0 Å². The fourth-order valence-corrected chi connectivity index (χ4v) is 0.982. The van der Waals surface area contributed by atoms with Crippen LogP contribution in [0, 0.1) is 16.7 Å². The van der Waals surface area contributed by atoms with Gasteiger partial charge in [-0.1, -0.05) is 6.92 Å². The molecular formula is C8H11NO2. The van der Waals surface area contributed by atoms with E-state index in [1.54, 1.807) is 13.0 Å². The molecule has 0 saturated carbocycles. The summed E-state index contributed by atoms with van der Waals surface area (Å²) in [5, 5.41) is 8.63. The molecule has 0 N–H and O–H groups in total. The van der Waals surface area contributed by atoms with Gasteiger partial charge in [0.05, 0.1) is 6.07 Å². The van der Waals surface area contributed by atoms with E-state index in [2.05, 4.69) is 0 Å². The number of hydrogen-bond donors (Lipinski definition) is 0. The summed E-state index contributed by atoms with van der Waals surface area (Å²) >= 11 is 0. The van der Waals surface area contributed by atoms with Crippen LogP contribution in [0.5, 0.6) is 0 Å². The Morgan fingerprint density at radius 2 is 1.73 bits per heavy atom. The first-order valence-electron chi connectivity index (χ1n) is 3.44. The number of nitrogens with zero attached hydrogens (tertiary/aromatic N) is 1. The van der Waals surface area contributed by atoms with Crippen molar-refractivity contribution < 1.29 is 9.59 Å². The maximum Gasteiger partial charge on any atom is 0.172 e. The van der Waals surface area contributed by atoms with Crippen LogP contribution in [0.1, 0.15) is 27.2 Å². The highest BCUT2D eigenvalue weighted by Gasteiger charge is 2.38. The van der Waals surface area contributed by atoms with Crippen LogP contribution < -0.4 is 0 Å². The number of ketones is 2. The van der Waals surface area contributed by atoms with Crippen molar-refractivity contribution in [3.05, 3.63) is 0 Å². The maximum absolute atomic E-state index is 10.9. The Hall–Kier alpha value is -1.17. The van der Waals surface area contributed by atoms with Crippen LogP contribution in [0.3, 0.4) is 0 Å². The van der Waals surface area contributed by atoms with Gasteiger partial charge >= 0.3 is 0 Å². The maximum atomic E-state index is 10.9. The zero-order chi connectivity index (χ0) is 9.07. The molecule has 3 nitrogen and oxygen atoms in total. The molecular weight excluding hydrogens is 142 g/mol. The Kier molecular flexibility index (Phi) is 2.94. The average Bonchev–Trinajstić information content (AvgIpc) is 1.90. The SMILES string of the molecule is CCC(C#N)(C(C)=O)C(C)=O. The van der Waals surface area contributed by atoms with E-state index in [0.29, 0.717) is 0 Å². The predicted octanol–water partition coefficient (Wildman–Crippen LogP) is 1.08. The Balaban J connectivity index is 4.96. The lowest BCUT2D eigenvalue weighted by Crippen LogP contribution is -2.34. The standard InChI is InChI=1S/C8H11NO2/c1-4-8(5-9,6(2)10)7(3)11/h4H2,1-3H3. The van der Waals surface area contributed by atoms with Gasteiger partial charge in [0.1, 0.15) is 0 Å². The zero-order valence-corrected chi connectivity index (χ0v) is 6.97. The molecule has 0 atom stereocenters.